The largest absolute Gasteiger partial charge is 0.433 e. The fourth-order valence-corrected chi connectivity index (χ4v) is 2.05. The molecule has 0 aromatic carbocycles. The molecule has 0 bridgehead atoms. The lowest BCUT2D eigenvalue weighted by molar-refractivity contribution is -0.141. The van der Waals surface area contributed by atoms with E-state index >= 15 is 0 Å². The molecule has 2 N–H and O–H groups in total. The average Bonchev–Trinajstić information content (AvgIpc) is 2.82. The number of alkyl halides is 3. The minimum Gasteiger partial charge on any atom is -0.373 e. The van der Waals surface area contributed by atoms with Gasteiger partial charge in [-0.3, -0.25) is 0 Å². The van der Waals surface area contributed by atoms with Crippen molar-refractivity contribution in [2.24, 2.45) is 0 Å². The molecule has 1 saturated heterocycles. The fraction of sp³-hybridized carbons (Fsp3) is 0.667. The van der Waals surface area contributed by atoms with Gasteiger partial charge in [-0.15, -0.1) is 0 Å². The average molecular weight is 290 g/mol. The quantitative estimate of drug-likeness (QED) is 0.892. The van der Waals surface area contributed by atoms with E-state index in [0.29, 0.717) is 13.2 Å². The molecule has 20 heavy (non-hydrogen) atoms. The van der Waals surface area contributed by atoms with Crippen LogP contribution in [0.1, 0.15) is 25.5 Å². The van der Waals surface area contributed by atoms with Gasteiger partial charge in [0.2, 0.25) is 5.95 Å². The van der Waals surface area contributed by atoms with Gasteiger partial charge in [0.15, 0.2) is 5.69 Å². The predicted molar refractivity (Wildman–Crippen MR) is 68.7 cm³/mol. The maximum absolute atomic E-state index is 12.7. The van der Waals surface area contributed by atoms with Gasteiger partial charge in [0, 0.05) is 26.3 Å². The van der Waals surface area contributed by atoms with Gasteiger partial charge in [0.05, 0.1) is 5.60 Å². The molecule has 1 aliphatic rings. The van der Waals surface area contributed by atoms with Gasteiger partial charge in [0.1, 0.15) is 5.82 Å². The second-order valence-electron chi connectivity index (χ2n) is 4.97. The smallest absolute Gasteiger partial charge is 0.373 e. The maximum Gasteiger partial charge on any atom is 0.433 e. The third-order valence-corrected chi connectivity index (χ3v) is 3.18. The van der Waals surface area contributed by atoms with E-state index in [1.165, 1.54) is 7.05 Å². The van der Waals surface area contributed by atoms with Crippen LogP contribution in [0.15, 0.2) is 6.07 Å². The van der Waals surface area contributed by atoms with E-state index in [-0.39, 0.29) is 17.4 Å². The molecule has 2 heterocycles. The number of nitrogens with zero attached hydrogens (tertiary/aromatic N) is 2. The van der Waals surface area contributed by atoms with Gasteiger partial charge in [0.25, 0.3) is 0 Å². The molecular formula is C12H17F3N4O. The molecule has 0 spiro atoms. The molecule has 1 unspecified atom stereocenters. The molecule has 0 aliphatic carbocycles. The van der Waals surface area contributed by atoms with E-state index in [9.17, 15) is 13.2 Å². The number of rotatable bonds is 4. The first-order valence-corrected chi connectivity index (χ1v) is 6.34. The van der Waals surface area contributed by atoms with Crippen LogP contribution in [0.2, 0.25) is 0 Å². The highest BCUT2D eigenvalue weighted by atomic mass is 19.4. The van der Waals surface area contributed by atoms with Crippen molar-refractivity contribution in [3.63, 3.8) is 0 Å². The fourth-order valence-electron chi connectivity index (χ4n) is 2.05. The molecule has 1 aromatic heterocycles. The number of halogens is 3. The standard InChI is InChI=1S/C12H17F3N4O/c1-11(4-3-5-20-11)7-17-9-6-8(12(13,14)15)18-10(16-2)19-9/h6H,3-5,7H2,1-2H3,(H2,16,17,18,19). The van der Waals surface area contributed by atoms with Crippen LogP contribution >= 0.6 is 0 Å². The molecule has 1 atom stereocenters. The van der Waals surface area contributed by atoms with Gasteiger partial charge < -0.3 is 15.4 Å². The molecular weight excluding hydrogens is 273 g/mol. The van der Waals surface area contributed by atoms with Gasteiger partial charge in [-0.05, 0) is 19.8 Å². The monoisotopic (exact) mass is 290 g/mol. The molecule has 0 saturated carbocycles. The number of aromatic nitrogens is 2. The summed E-state index contributed by atoms with van der Waals surface area (Å²) < 4.78 is 43.8. The first-order chi connectivity index (χ1) is 9.32. The van der Waals surface area contributed by atoms with Gasteiger partial charge in [-0.25, -0.2) is 4.98 Å². The van der Waals surface area contributed by atoms with E-state index in [1.807, 2.05) is 6.92 Å². The first kappa shape index (κ1) is 14.8. The number of ether oxygens (including phenoxy) is 1. The van der Waals surface area contributed by atoms with Crippen LogP contribution in [0.4, 0.5) is 24.9 Å². The summed E-state index contributed by atoms with van der Waals surface area (Å²) in [7, 11) is 1.47. The van der Waals surface area contributed by atoms with Crippen molar-refractivity contribution in [1.29, 1.82) is 0 Å². The van der Waals surface area contributed by atoms with E-state index in [4.69, 9.17) is 4.74 Å². The Hall–Kier alpha value is -1.57. The normalized spacial score (nSPS) is 22.9. The SMILES string of the molecule is CNc1nc(NCC2(C)CCCO2)cc(C(F)(F)F)n1. The summed E-state index contributed by atoms with van der Waals surface area (Å²) in [6.45, 7) is 3.01. The van der Waals surface area contributed by atoms with Crippen LogP contribution in [0.3, 0.4) is 0 Å². The second-order valence-corrected chi connectivity index (χ2v) is 4.97. The van der Waals surface area contributed by atoms with Crippen molar-refractivity contribution < 1.29 is 17.9 Å². The summed E-state index contributed by atoms with van der Waals surface area (Å²) >= 11 is 0. The third-order valence-electron chi connectivity index (χ3n) is 3.18. The van der Waals surface area contributed by atoms with Gasteiger partial charge in [-0.2, -0.15) is 18.2 Å². The summed E-state index contributed by atoms with van der Waals surface area (Å²) in [5.74, 6) is 0.0632. The summed E-state index contributed by atoms with van der Waals surface area (Å²) in [4.78, 5) is 7.37. The van der Waals surface area contributed by atoms with Gasteiger partial charge >= 0.3 is 6.18 Å². The Balaban J connectivity index is 2.14. The summed E-state index contributed by atoms with van der Waals surface area (Å²) in [6, 6.07) is 0.902. The predicted octanol–water partition coefficient (Wildman–Crippen LogP) is 2.52. The molecule has 1 aromatic rings. The summed E-state index contributed by atoms with van der Waals surface area (Å²) in [5, 5.41) is 5.42. The highest BCUT2D eigenvalue weighted by Gasteiger charge is 2.34. The summed E-state index contributed by atoms with van der Waals surface area (Å²) in [5.41, 5.74) is -1.33. The van der Waals surface area contributed by atoms with Crippen molar-refractivity contribution in [1.82, 2.24) is 9.97 Å². The van der Waals surface area contributed by atoms with Crippen molar-refractivity contribution in [3.05, 3.63) is 11.8 Å². The zero-order valence-corrected chi connectivity index (χ0v) is 11.3. The van der Waals surface area contributed by atoms with Crippen molar-refractivity contribution in [2.75, 3.05) is 30.8 Å². The Morgan fingerprint density at radius 2 is 2.15 bits per heavy atom. The molecule has 1 fully saturated rings. The van der Waals surface area contributed by atoms with Crippen molar-refractivity contribution in [2.45, 2.75) is 31.5 Å². The lowest BCUT2D eigenvalue weighted by Crippen LogP contribution is -2.33. The number of hydrogen-bond donors (Lipinski definition) is 2. The highest BCUT2D eigenvalue weighted by molar-refractivity contribution is 5.43. The highest BCUT2D eigenvalue weighted by Crippen LogP contribution is 2.30. The minimum absolute atomic E-state index is 0.0696. The van der Waals surface area contributed by atoms with Gasteiger partial charge in [-0.1, -0.05) is 0 Å². The molecule has 8 heteroatoms. The molecule has 112 valence electrons. The van der Waals surface area contributed by atoms with E-state index in [0.717, 1.165) is 18.9 Å². The topological polar surface area (TPSA) is 59.1 Å². The van der Waals surface area contributed by atoms with Crippen LogP contribution in [0.25, 0.3) is 0 Å². The van der Waals surface area contributed by atoms with E-state index < -0.39 is 11.9 Å². The van der Waals surface area contributed by atoms with E-state index in [2.05, 4.69) is 20.6 Å². The van der Waals surface area contributed by atoms with E-state index in [1.54, 1.807) is 0 Å². The van der Waals surface area contributed by atoms with Crippen molar-refractivity contribution in [3.8, 4) is 0 Å². The summed E-state index contributed by atoms with van der Waals surface area (Å²) in [6.07, 6.45) is -2.67. The van der Waals surface area contributed by atoms with Crippen molar-refractivity contribution >= 4 is 11.8 Å². The maximum atomic E-state index is 12.7. The Morgan fingerprint density at radius 3 is 2.70 bits per heavy atom. The van der Waals surface area contributed by atoms with Crippen LogP contribution in [-0.4, -0.2) is 35.8 Å². The Bertz CT molecular complexity index is 472. The Labute approximate surface area is 114 Å². The molecule has 0 amide bonds. The van der Waals surface area contributed by atoms with Crippen LogP contribution in [0, 0.1) is 0 Å². The Kier molecular flexibility index (Phi) is 4.03. The second kappa shape index (κ2) is 5.43. The first-order valence-electron chi connectivity index (χ1n) is 6.34. The zero-order valence-electron chi connectivity index (χ0n) is 11.3. The minimum atomic E-state index is -4.50. The molecule has 1 aliphatic heterocycles. The molecule has 0 radical (unpaired) electrons. The lowest BCUT2D eigenvalue weighted by atomic mass is 10.0. The number of nitrogens with one attached hydrogen (secondary N) is 2. The van der Waals surface area contributed by atoms with Crippen LogP contribution < -0.4 is 10.6 Å². The molecule has 2 rings (SSSR count). The lowest BCUT2D eigenvalue weighted by Gasteiger charge is -2.24. The number of hydrogen-bond acceptors (Lipinski definition) is 5. The third kappa shape index (κ3) is 3.50. The van der Waals surface area contributed by atoms with Crippen LogP contribution in [-0.2, 0) is 10.9 Å². The number of anilines is 2. The zero-order chi connectivity index (χ0) is 14.8. The van der Waals surface area contributed by atoms with Crippen LogP contribution in [0.5, 0.6) is 0 Å². The Morgan fingerprint density at radius 1 is 1.40 bits per heavy atom. The molecule has 5 nitrogen and oxygen atoms in total.